The van der Waals surface area contributed by atoms with E-state index < -0.39 is 0 Å². The molecule has 0 amide bonds. The number of hydrogen-bond donors (Lipinski definition) is 2. The van der Waals surface area contributed by atoms with Crippen molar-refractivity contribution in [3.63, 3.8) is 0 Å². The zero-order valence-electron chi connectivity index (χ0n) is 16.5. The molecular formula is C22H29N4O2+. The summed E-state index contributed by atoms with van der Waals surface area (Å²) in [5.41, 5.74) is 5.30. The first-order chi connectivity index (χ1) is 13.6. The first-order valence-corrected chi connectivity index (χ1v) is 10.4. The lowest BCUT2D eigenvalue weighted by atomic mass is 9.72. The number of fused-ring (bicyclic) bond motifs is 2. The number of likely N-dealkylation sites (tertiary alicyclic amines) is 1. The van der Waals surface area contributed by atoms with E-state index in [1.165, 1.54) is 27.7 Å². The van der Waals surface area contributed by atoms with Crippen molar-refractivity contribution in [2.75, 3.05) is 46.5 Å². The van der Waals surface area contributed by atoms with Crippen molar-refractivity contribution in [1.82, 2.24) is 9.88 Å². The molecule has 0 radical (unpaired) electrons. The molecular weight excluding hydrogens is 352 g/mol. The number of morpholine rings is 1. The van der Waals surface area contributed by atoms with Crippen LogP contribution in [0.4, 0.5) is 0 Å². The summed E-state index contributed by atoms with van der Waals surface area (Å²) < 4.78 is 6.58. The summed E-state index contributed by atoms with van der Waals surface area (Å²) >= 11 is 0. The van der Waals surface area contributed by atoms with Crippen LogP contribution in [0, 0.1) is 17.4 Å². The largest absolute Gasteiger partial charge is 0.396 e. The number of ether oxygens (including phenoxy) is 1. The molecule has 5 rings (SSSR count). The number of quaternary nitrogens is 1. The average molecular weight is 382 g/mol. The maximum atomic E-state index is 9.78. The predicted molar refractivity (Wildman–Crippen MR) is 106 cm³/mol. The van der Waals surface area contributed by atoms with Gasteiger partial charge < -0.3 is 24.2 Å². The number of nitriles is 1. The third-order valence-electron chi connectivity index (χ3n) is 7.25. The highest BCUT2D eigenvalue weighted by Crippen LogP contribution is 2.45. The molecule has 6 nitrogen and oxygen atoms in total. The topological polar surface area (TPSA) is 72.3 Å². The first kappa shape index (κ1) is 18.0. The molecule has 3 heterocycles. The zero-order valence-corrected chi connectivity index (χ0v) is 16.5. The minimum Gasteiger partial charge on any atom is -0.396 e. The minimum absolute atomic E-state index is 0.153. The van der Waals surface area contributed by atoms with E-state index in [1.54, 1.807) is 0 Å². The number of aliphatic hydroxyl groups excluding tert-OH is 1. The Hall–Kier alpha value is -2.07. The Balaban J connectivity index is 1.58. The van der Waals surface area contributed by atoms with Crippen molar-refractivity contribution in [2.45, 2.75) is 31.3 Å². The molecule has 6 heteroatoms. The Bertz CT molecular complexity index is 924. The Kier molecular flexibility index (Phi) is 4.35. The molecule has 2 saturated heterocycles. The second-order valence-corrected chi connectivity index (χ2v) is 9.10. The number of rotatable bonds is 3. The summed E-state index contributed by atoms with van der Waals surface area (Å²) in [6.07, 6.45) is 4.30. The van der Waals surface area contributed by atoms with Crippen molar-refractivity contribution in [1.29, 1.82) is 5.26 Å². The normalized spacial score (nSPS) is 28.8. The summed E-state index contributed by atoms with van der Waals surface area (Å²) in [6, 6.07) is 6.75. The number of benzene rings is 1. The van der Waals surface area contributed by atoms with E-state index >= 15 is 0 Å². The number of aromatic nitrogens is 1. The number of piperidine rings is 1. The highest BCUT2D eigenvalue weighted by molar-refractivity contribution is 5.89. The van der Waals surface area contributed by atoms with Crippen LogP contribution in [-0.2, 0) is 17.7 Å². The molecule has 1 unspecified atom stereocenters. The lowest BCUT2D eigenvalue weighted by molar-refractivity contribution is -0.929. The molecule has 148 valence electrons. The number of hydrogen-bond acceptors (Lipinski definition) is 4. The summed E-state index contributed by atoms with van der Waals surface area (Å²) in [6.45, 7) is 5.53. The van der Waals surface area contributed by atoms with E-state index in [9.17, 15) is 10.4 Å². The van der Waals surface area contributed by atoms with Gasteiger partial charge in [0.15, 0.2) is 6.19 Å². The second-order valence-electron chi connectivity index (χ2n) is 9.10. The van der Waals surface area contributed by atoms with E-state index in [-0.39, 0.29) is 18.6 Å². The quantitative estimate of drug-likeness (QED) is 0.630. The Morgan fingerprint density at radius 3 is 2.93 bits per heavy atom. The fourth-order valence-corrected chi connectivity index (χ4v) is 5.66. The third-order valence-corrected chi connectivity index (χ3v) is 7.25. The zero-order chi connectivity index (χ0) is 19.3. The van der Waals surface area contributed by atoms with Crippen LogP contribution < -0.4 is 0 Å². The molecule has 0 bridgehead atoms. The van der Waals surface area contributed by atoms with Crippen LogP contribution in [0.3, 0.4) is 0 Å². The van der Waals surface area contributed by atoms with Gasteiger partial charge in [-0.2, -0.15) is 5.26 Å². The maximum absolute atomic E-state index is 9.78. The number of H-pyrrole nitrogens is 1. The lowest BCUT2D eigenvalue weighted by Gasteiger charge is -2.44. The van der Waals surface area contributed by atoms with Gasteiger partial charge in [0, 0.05) is 35.9 Å². The molecule has 0 spiro atoms. The molecule has 0 saturated carbocycles. The Morgan fingerprint density at radius 1 is 1.36 bits per heavy atom. The van der Waals surface area contributed by atoms with Gasteiger partial charge in [-0.25, -0.2) is 0 Å². The summed E-state index contributed by atoms with van der Waals surface area (Å²) in [7, 11) is 2.32. The van der Waals surface area contributed by atoms with Crippen molar-refractivity contribution >= 4 is 10.9 Å². The molecule has 28 heavy (non-hydrogen) atoms. The molecule has 3 aliphatic rings. The predicted octanol–water partition coefficient (Wildman–Crippen LogP) is 1.95. The number of aromatic amines is 1. The van der Waals surface area contributed by atoms with Gasteiger partial charge in [-0.1, -0.05) is 12.1 Å². The molecule has 2 fully saturated rings. The van der Waals surface area contributed by atoms with Gasteiger partial charge in [0.05, 0.1) is 32.0 Å². The van der Waals surface area contributed by atoms with Gasteiger partial charge in [0.2, 0.25) is 0 Å². The third kappa shape index (κ3) is 2.81. The molecule has 1 aromatic heterocycles. The van der Waals surface area contributed by atoms with E-state index in [2.05, 4.69) is 36.4 Å². The molecule has 1 aliphatic carbocycles. The molecule has 2 aliphatic heterocycles. The summed E-state index contributed by atoms with van der Waals surface area (Å²) in [5.74, 6) is 0.493. The van der Waals surface area contributed by atoms with Crippen LogP contribution in [0.2, 0.25) is 0 Å². The van der Waals surface area contributed by atoms with Crippen molar-refractivity contribution in [3.8, 4) is 6.19 Å². The fraction of sp³-hybridized carbons (Fsp3) is 0.591. The van der Waals surface area contributed by atoms with Gasteiger partial charge in [-0.05, 0) is 30.0 Å². The van der Waals surface area contributed by atoms with Crippen LogP contribution in [0.15, 0.2) is 18.2 Å². The number of likely N-dealkylation sites (N-methyl/N-ethyl adjacent to an activating group) is 1. The molecule has 3 atom stereocenters. The van der Waals surface area contributed by atoms with Crippen molar-refractivity contribution in [3.05, 3.63) is 35.0 Å². The van der Waals surface area contributed by atoms with Crippen molar-refractivity contribution < 1.29 is 14.3 Å². The summed E-state index contributed by atoms with van der Waals surface area (Å²) in [4.78, 5) is 5.66. The monoisotopic (exact) mass is 381 g/mol. The minimum atomic E-state index is 0.153. The van der Waals surface area contributed by atoms with E-state index in [0.717, 1.165) is 50.2 Å². The smallest absolute Gasteiger partial charge is 0.179 e. The number of nitrogens with zero attached hydrogens (tertiary/aromatic N) is 3. The number of nitrogens with one attached hydrogen (secondary N) is 1. The van der Waals surface area contributed by atoms with Gasteiger partial charge in [-0.15, -0.1) is 0 Å². The number of aliphatic hydroxyl groups is 1. The second kappa shape index (κ2) is 6.77. The standard InChI is InChI=1S/C22H29N4O2/c1-26(5-7-28-8-6-26)12-20-18-10-21-17(9-15(13-27)11-25(21)14-23)16-3-2-4-19(24-20)22(16)18/h2-4,15,17,21,24,27H,5-13H2,1H3/q+1/t15?,17-,21-/m1/s1. The first-order valence-electron chi connectivity index (χ1n) is 10.4. The SMILES string of the molecule is C[N+]1(Cc2[nH]c3cccc4c3c2C[C@@H]2[C@@H]4CC(CO)CN2C#N)CCOCC1. The fourth-order valence-electron chi connectivity index (χ4n) is 5.66. The van der Waals surface area contributed by atoms with E-state index in [1.807, 2.05) is 4.90 Å². The summed E-state index contributed by atoms with van der Waals surface area (Å²) in [5, 5.41) is 20.9. The van der Waals surface area contributed by atoms with Gasteiger partial charge in [0.1, 0.15) is 19.6 Å². The average Bonchev–Trinajstić information content (AvgIpc) is 3.05. The Labute approximate surface area is 165 Å². The molecule has 2 N–H and O–H groups in total. The van der Waals surface area contributed by atoms with E-state index in [4.69, 9.17) is 4.74 Å². The Morgan fingerprint density at radius 2 is 2.18 bits per heavy atom. The van der Waals surface area contributed by atoms with Crippen LogP contribution in [0.25, 0.3) is 10.9 Å². The van der Waals surface area contributed by atoms with Crippen molar-refractivity contribution in [2.24, 2.45) is 5.92 Å². The van der Waals surface area contributed by atoms with Crippen LogP contribution in [0.5, 0.6) is 0 Å². The van der Waals surface area contributed by atoms with Gasteiger partial charge in [-0.3, -0.25) is 0 Å². The molecule has 1 aromatic carbocycles. The van der Waals surface area contributed by atoms with Crippen LogP contribution >= 0.6 is 0 Å². The molecule has 2 aromatic rings. The van der Waals surface area contributed by atoms with Gasteiger partial charge in [0.25, 0.3) is 0 Å². The maximum Gasteiger partial charge on any atom is 0.179 e. The highest BCUT2D eigenvalue weighted by atomic mass is 16.5. The van der Waals surface area contributed by atoms with Gasteiger partial charge >= 0.3 is 0 Å². The lowest BCUT2D eigenvalue weighted by Crippen LogP contribution is -2.51. The van der Waals surface area contributed by atoms with Crippen LogP contribution in [-0.4, -0.2) is 72.0 Å². The van der Waals surface area contributed by atoms with Crippen LogP contribution in [0.1, 0.15) is 29.2 Å². The highest BCUT2D eigenvalue weighted by Gasteiger charge is 2.42. The van der Waals surface area contributed by atoms with E-state index in [0.29, 0.717) is 12.5 Å².